The van der Waals surface area contributed by atoms with Gasteiger partial charge in [-0.15, -0.1) is 0 Å². The highest BCUT2D eigenvalue weighted by Crippen LogP contribution is 1.37. The highest BCUT2D eigenvalue weighted by atomic mass is 16.1. The minimum Gasteiger partial charge on any atom is -0.312 e. The molecule has 2 nitrogen and oxygen atoms in total. The minimum absolute atomic E-state index is 1.01. The van der Waals surface area contributed by atoms with E-state index in [1.165, 1.54) is 5.94 Å². The molecule has 0 aromatic carbocycles. The first-order valence-electron chi connectivity index (χ1n) is 1.32. The Bertz CT molecular complexity index is 105. The number of nitrogens with one attached hydrogen (secondary N) is 1. The van der Waals surface area contributed by atoms with Crippen LogP contribution in [0.4, 0.5) is 0 Å². The summed E-state index contributed by atoms with van der Waals surface area (Å²) in [7, 11) is 0. The summed E-state index contributed by atoms with van der Waals surface area (Å²) in [6, 6.07) is 2.00. The van der Waals surface area contributed by atoms with Crippen LogP contribution in [0.25, 0.3) is 0 Å². The van der Waals surface area contributed by atoms with E-state index in [2.05, 4.69) is 11.7 Å². The average Bonchev–Trinajstić information content (AvgIpc) is 1.61. The molecule has 0 rings (SSSR count). The van der Waals surface area contributed by atoms with Crippen LogP contribution in [0.15, 0.2) is 6.20 Å². The second kappa shape index (κ2) is 3.81. The van der Waals surface area contributed by atoms with Gasteiger partial charge in [0.05, 0.1) is 6.20 Å². The SMILES string of the molecule is C#CNC=C=O. The van der Waals surface area contributed by atoms with Gasteiger partial charge in [-0.3, -0.25) is 0 Å². The van der Waals surface area contributed by atoms with Crippen molar-refractivity contribution in [1.29, 1.82) is 0 Å². The molecule has 0 bridgehead atoms. The Hall–Kier alpha value is -1.19. The van der Waals surface area contributed by atoms with Crippen molar-refractivity contribution in [3.8, 4) is 12.5 Å². The van der Waals surface area contributed by atoms with Crippen molar-refractivity contribution in [1.82, 2.24) is 5.32 Å². The molecule has 30 valence electrons. The van der Waals surface area contributed by atoms with Crippen LogP contribution in [0, 0.1) is 12.5 Å². The van der Waals surface area contributed by atoms with E-state index in [0.717, 1.165) is 6.20 Å². The molecule has 0 aliphatic heterocycles. The molecule has 0 heterocycles. The summed E-state index contributed by atoms with van der Waals surface area (Å²) in [6.07, 6.45) is 5.66. The van der Waals surface area contributed by atoms with Crippen molar-refractivity contribution in [2.24, 2.45) is 0 Å². The van der Waals surface area contributed by atoms with Gasteiger partial charge in [-0.25, -0.2) is 4.79 Å². The van der Waals surface area contributed by atoms with E-state index >= 15 is 0 Å². The van der Waals surface area contributed by atoms with E-state index in [-0.39, 0.29) is 0 Å². The van der Waals surface area contributed by atoms with Gasteiger partial charge in [0, 0.05) is 6.04 Å². The Kier molecular flexibility index (Phi) is 3.05. The van der Waals surface area contributed by atoms with Gasteiger partial charge in [0.1, 0.15) is 5.94 Å². The quantitative estimate of drug-likeness (QED) is 0.262. The monoisotopic (exact) mass is 81.0 g/mol. The van der Waals surface area contributed by atoms with Gasteiger partial charge < -0.3 is 5.32 Å². The highest BCUT2D eigenvalue weighted by molar-refractivity contribution is 5.44. The lowest BCUT2D eigenvalue weighted by Crippen LogP contribution is -1.89. The average molecular weight is 81.1 g/mol. The summed E-state index contributed by atoms with van der Waals surface area (Å²) in [4.78, 5) is 9.23. The van der Waals surface area contributed by atoms with Crippen molar-refractivity contribution < 1.29 is 4.79 Å². The van der Waals surface area contributed by atoms with Gasteiger partial charge in [-0.1, -0.05) is 6.42 Å². The minimum atomic E-state index is 1.01. The lowest BCUT2D eigenvalue weighted by atomic mass is 10.9. The smallest absolute Gasteiger partial charge is 0.142 e. The summed E-state index contributed by atoms with van der Waals surface area (Å²) in [6.45, 7) is 0. The Morgan fingerprint density at radius 3 is 2.67 bits per heavy atom. The molecule has 0 aliphatic rings. The second-order valence-corrected chi connectivity index (χ2v) is 0.551. The molecule has 0 aromatic heterocycles. The number of rotatable bonds is 1. The Labute approximate surface area is 35.9 Å². The summed E-state index contributed by atoms with van der Waals surface area (Å²) in [5, 5.41) is 2.18. The fraction of sp³-hybridized carbons (Fsp3) is 0. The van der Waals surface area contributed by atoms with E-state index in [9.17, 15) is 4.79 Å². The predicted molar refractivity (Wildman–Crippen MR) is 22.2 cm³/mol. The zero-order chi connectivity index (χ0) is 4.83. The molecular formula is C4H3NO. The van der Waals surface area contributed by atoms with Crippen molar-refractivity contribution >= 4 is 5.94 Å². The summed E-state index contributed by atoms with van der Waals surface area (Å²) < 4.78 is 0. The summed E-state index contributed by atoms with van der Waals surface area (Å²) >= 11 is 0. The number of hydrogen-bond donors (Lipinski definition) is 1. The van der Waals surface area contributed by atoms with Crippen LogP contribution in [0.2, 0.25) is 0 Å². The maximum absolute atomic E-state index is 9.23. The molecule has 0 aromatic rings. The molecule has 0 fully saturated rings. The summed E-state index contributed by atoms with van der Waals surface area (Å²) in [5.74, 6) is 1.44. The van der Waals surface area contributed by atoms with Crippen molar-refractivity contribution in [3.05, 3.63) is 6.20 Å². The Morgan fingerprint density at radius 2 is 2.50 bits per heavy atom. The lowest BCUT2D eigenvalue weighted by Gasteiger charge is -1.68. The molecule has 1 N–H and O–H groups in total. The number of terminal acetylenes is 1. The predicted octanol–water partition coefficient (Wildman–Crippen LogP) is -0.488. The summed E-state index contributed by atoms with van der Waals surface area (Å²) in [5.41, 5.74) is 0. The van der Waals surface area contributed by atoms with Gasteiger partial charge in [-0.2, -0.15) is 0 Å². The first kappa shape index (κ1) is 4.81. The topological polar surface area (TPSA) is 29.1 Å². The van der Waals surface area contributed by atoms with Gasteiger partial charge in [0.25, 0.3) is 0 Å². The first-order valence-corrected chi connectivity index (χ1v) is 1.32. The standard InChI is InChI=1S/C4H3NO/c1-2-5-3-4-6/h1,3,5H. The van der Waals surface area contributed by atoms with Crippen LogP contribution >= 0.6 is 0 Å². The van der Waals surface area contributed by atoms with Crippen LogP contribution in [0.5, 0.6) is 0 Å². The highest BCUT2D eigenvalue weighted by Gasteiger charge is 1.51. The van der Waals surface area contributed by atoms with Crippen molar-refractivity contribution in [3.63, 3.8) is 0 Å². The van der Waals surface area contributed by atoms with Gasteiger partial charge in [0.2, 0.25) is 0 Å². The first-order chi connectivity index (χ1) is 2.91. The van der Waals surface area contributed by atoms with Gasteiger partial charge in [-0.05, 0) is 0 Å². The molecular weight excluding hydrogens is 78.0 g/mol. The number of hydrogen-bond acceptors (Lipinski definition) is 2. The Morgan fingerprint density at radius 1 is 1.83 bits per heavy atom. The molecule has 0 aliphatic carbocycles. The van der Waals surface area contributed by atoms with Crippen LogP contribution in [0.3, 0.4) is 0 Å². The third-order valence-corrected chi connectivity index (χ3v) is 0.214. The van der Waals surface area contributed by atoms with E-state index in [0.29, 0.717) is 0 Å². The third kappa shape index (κ3) is 2.81. The molecule has 0 saturated carbocycles. The molecule has 0 unspecified atom stereocenters. The molecule has 2 heteroatoms. The van der Waals surface area contributed by atoms with Crippen LogP contribution in [-0.4, -0.2) is 5.94 Å². The Balaban J connectivity index is 3.16. The zero-order valence-corrected chi connectivity index (χ0v) is 3.06. The van der Waals surface area contributed by atoms with E-state index in [1.807, 2.05) is 6.04 Å². The maximum Gasteiger partial charge on any atom is 0.142 e. The fourth-order valence-corrected chi connectivity index (χ4v) is 0.0711. The van der Waals surface area contributed by atoms with Crippen LogP contribution < -0.4 is 5.32 Å². The van der Waals surface area contributed by atoms with Crippen molar-refractivity contribution in [2.75, 3.05) is 0 Å². The number of carbonyl (C=O) groups excluding carboxylic acids is 1. The van der Waals surface area contributed by atoms with Gasteiger partial charge >= 0.3 is 0 Å². The lowest BCUT2D eigenvalue weighted by molar-refractivity contribution is 0.568. The fourth-order valence-electron chi connectivity index (χ4n) is 0.0711. The molecule has 0 amide bonds. The zero-order valence-electron chi connectivity index (χ0n) is 3.06. The van der Waals surface area contributed by atoms with E-state index in [4.69, 9.17) is 0 Å². The largest absolute Gasteiger partial charge is 0.312 e. The molecule has 0 saturated heterocycles. The van der Waals surface area contributed by atoms with E-state index in [1.54, 1.807) is 0 Å². The third-order valence-electron chi connectivity index (χ3n) is 0.214. The van der Waals surface area contributed by atoms with Crippen LogP contribution in [-0.2, 0) is 4.79 Å². The van der Waals surface area contributed by atoms with Crippen molar-refractivity contribution in [2.45, 2.75) is 0 Å². The molecule has 0 spiro atoms. The molecule has 0 radical (unpaired) electrons. The normalized spacial score (nSPS) is 4.50. The van der Waals surface area contributed by atoms with E-state index < -0.39 is 0 Å². The maximum atomic E-state index is 9.23. The molecule has 6 heavy (non-hydrogen) atoms. The molecule has 0 atom stereocenters. The second-order valence-electron chi connectivity index (χ2n) is 0.551. The van der Waals surface area contributed by atoms with Crippen LogP contribution in [0.1, 0.15) is 0 Å². The van der Waals surface area contributed by atoms with Gasteiger partial charge in [0.15, 0.2) is 0 Å².